The van der Waals surface area contributed by atoms with Crippen LogP contribution in [0, 0.1) is 17.8 Å². The van der Waals surface area contributed by atoms with E-state index in [4.69, 9.17) is 5.73 Å². The number of hydrogen-bond acceptors (Lipinski definition) is 6. The first-order valence-corrected chi connectivity index (χ1v) is 17.1. The van der Waals surface area contributed by atoms with Gasteiger partial charge in [-0.3, -0.25) is 4.79 Å². The summed E-state index contributed by atoms with van der Waals surface area (Å²) in [7, 11) is 1.73. The maximum absolute atomic E-state index is 13.6. The number of carbonyl (C=O) groups is 2. The van der Waals surface area contributed by atoms with Crippen molar-refractivity contribution >= 4 is 23.3 Å². The van der Waals surface area contributed by atoms with Crippen molar-refractivity contribution in [2.75, 3.05) is 7.05 Å². The van der Waals surface area contributed by atoms with Gasteiger partial charge in [0.2, 0.25) is 5.91 Å². The highest BCUT2D eigenvalue weighted by Crippen LogP contribution is 2.30. The molecule has 2 saturated carbocycles. The molecule has 2 fully saturated rings. The van der Waals surface area contributed by atoms with E-state index in [0.29, 0.717) is 30.7 Å². The van der Waals surface area contributed by atoms with Gasteiger partial charge in [-0.15, -0.1) is 11.3 Å². The molecular weight excluding hydrogens is 534 g/mol. The van der Waals surface area contributed by atoms with Gasteiger partial charge in [-0.1, -0.05) is 91.9 Å². The van der Waals surface area contributed by atoms with Crippen molar-refractivity contribution in [2.45, 2.75) is 148 Å². The minimum Gasteiger partial charge on any atom is -0.391 e. The Balaban J connectivity index is 1.61. The molecule has 234 valence electrons. The zero-order valence-corrected chi connectivity index (χ0v) is 27.1. The van der Waals surface area contributed by atoms with Crippen LogP contribution in [0.3, 0.4) is 0 Å². The fraction of sp³-hybridized carbons (Fsp3) is 0.844. The van der Waals surface area contributed by atoms with Gasteiger partial charge in [0, 0.05) is 30.4 Å². The van der Waals surface area contributed by atoms with Crippen LogP contribution in [0.15, 0.2) is 5.38 Å². The molecular formula is C32H57N5O3S. The molecule has 1 heterocycles. The van der Waals surface area contributed by atoms with Crippen molar-refractivity contribution in [1.82, 2.24) is 20.5 Å². The van der Waals surface area contributed by atoms with Gasteiger partial charge in [-0.25, -0.2) is 9.78 Å². The van der Waals surface area contributed by atoms with Crippen LogP contribution in [-0.4, -0.2) is 58.2 Å². The van der Waals surface area contributed by atoms with Gasteiger partial charge in [0.1, 0.15) is 6.04 Å². The first-order chi connectivity index (χ1) is 19.5. The molecule has 0 saturated heterocycles. The summed E-state index contributed by atoms with van der Waals surface area (Å²) in [5.41, 5.74) is 7.37. The molecule has 9 heteroatoms. The fourth-order valence-electron chi connectivity index (χ4n) is 6.51. The van der Waals surface area contributed by atoms with Crippen molar-refractivity contribution in [1.29, 1.82) is 0 Å². The summed E-state index contributed by atoms with van der Waals surface area (Å²) in [5, 5.41) is 20.4. The lowest BCUT2D eigenvalue weighted by atomic mass is 9.81. The predicted octanol–water partition coefficient (Wildman–Crippen LogP) is 5.94. The standard InChI is InChI=1S/C32H57N5O3S/c1-21(2)29(36-32(40)37(5)19-26-20-41-31(35-26)22(3)4)30(39)34-25(16-23-12-8-6-9-13-23)18-28(38)27(33)17-24-14-10-7-11-15-24/h20-25,27-29,38H,6-19,33H2,1-5H3,(H,34,39)(H,36,40)/t25-,27-,28-,29-/m0/s1. The maximum Gasteiger partial charge on any atom is 0.318 e. The Bertz CT molecular complexity index is 926. The van der Waals surface area contributed by atoms with E-state index in [1.165, 1.54) is 64.2 Å². The van der Waals surface area contributed by atoms with E-state index >= 15 is 0 Å². The van der Waals surface area contributed by atoms with E-state index in [1.54, 1.807) is 23.3 Å². The lowest BCUT2D eigenvalue weighted by Crippen LogP contribution is -2.55. The summed E-state index contributed by atoms with van der Waals surface area (Å²) in [5.74, 6) is 1.21. The molecule has 8 nitrogen and oxygen atoms in total. The Morgan fingerprint density at radius 1 is 1.00 bits per heavy atom. The zero-order valence-electron chi connectivity index (χ0n) is 26.2. The monoisotopic (exact) mass is 591 g/mol. The number of nitrogens with one attached hydrogen (secondary N) is 2. The summed E-state index contributed by atoms with van der Waals surface area (Å²) >= 11 is 1.61. The van der Waals surface area contributed by atoms with Crippen LogP contribution in [0.5, 0.6) is 0 Å². The minimum absolute atomic E-state index is 0.0898. The van der Waals surface area contributed by atoms with E-state index in [2.05, 4.69) is 29.5 Å². The van der Waals surface area contributed by atoms with Gasteiger partial charge < -0.3 is 26.4 Å². The Morgan fingerprint density at radius 2 is 1.59 bits per heavy atom. The van der Waals surface area contributed by atoms with Crippen molar-refractivity contribution in [3.63, 3.8) is 0 Å². The average molecular weight is 592 g/mol. The molecule has 0 aliphatic heterocycles. The maximum atomic E-state index is 13.6. The van der Waals surface area contributed by atoms with E-state index in [1.807, 2.05) is 19.2 Å². The Morgan fingerprint density at radius 3 is 2.12 bits per heavy atom. The number of carbonyl (C=O) groups excluding carboxylic acids is 2. The Kier molecular flexibility index (Phi) is 13.8. The van der Waals surface area contributed by atoms with Gasteiger partial charge in [0.25, 0.3) is 0 Å². The van der Waals surface area contributed by atoms with Crippen LogP contribution in [0.25, 0.3) is 0 Å². The number of nitrogens with zero attached hydrogens (tertiary/aromatic N) is 2. The quantitative estimate of drug-likeness (QED) is 0.214. The average Bonchev–Trinajstić information content (AvgIpc) is 3.41. The van der Waals surface area contributed by atoms with Gasteiger partial charge >= 0.3 is 6.03 Å². The summed E-state index contributed by atoms with van der Waals surface area (Å²) in [6, 6.07) is -1.41. The van der Waals surface area contributed by atoms with Crippen LogP contribution < -0.4 is 16.4 Å². The third-order valence-corrected chi connectivity index (χ3v) is 10.3. The number of aliphatic hydroxyl groups excluding tert-OH is 1. The molecule has 0 bridgehead atoms. The second kappa shape index (κ2) is 16.8. The molecule has 3 rings (SSSR count). The summed E-state index contributed by atoms with van der Waals surface area (Å²) in [4.78, 5) is 33.0. The third kappa shape index (κ3) is 11.1. The number of thiazole rings is 1. The minimum atomic E-state index is -0.673. The fourth-order valence-corrected chi connectivity index (χ4v) is 7.34. The molecule has 1 aromatic heterocycles. The number of urea groups is 1. The van der Waals surface area contributed by atoms with E-state index in [0.717, 1.165) is 23.5 Å². The molecule has 0 aromatic carbocycles. The highest BCUT2D eigenvalue weighted by molar-refractivity contribution is 7.09. The zero-order chi connectivity index (χ0) is 29.9. The molecule has 41 heavy (non-hydrogen) atoms. The van der Waals surface area contributed by atoms with Crippen molar-refractivity contribution in [3.05, 3.63) is 16.1 Å². The molecule has 4 atom stereocenters. The van der Waals surface area contributed by atoms with E-state index in [9.17, 15) is 14.7 Å². The highest BCUT2D eigenvalue weighted by atomic mass is 32.1. The molecule has 1 aromatic rings. The van der Waals surface area contributed by atoms with Crippen LogP contribution in [0.2, 0.25) is 0 Å². The van der Waals surface area contributed by atoms with E-state index in [-0.39, 0.29) is 29.9 Å². The van der Waals surface area contributed by atoms with Crippen LogP contribution >= 0.6 is 11.3 Å². The summed E-state index contributed by atoms with van der Waals surface area (Å²) in [6.07, 6.45) is 13.8. The Hall–Kier alpha value is -1.71. The van der Waals surface area contributed by atoms with Crippen LogP contribution in [0.1, 0.15) is 128 Å². The Labute approximate surface area is 252 Å². The molecule has 2 aliphatic carbocycles. The largest absolute Gasteiger partial charge is 0.391 e. The third-order valence-electron chi connectivity index (χ3n) is 9.08. The van der Waals surface area contributed by atoms with Crippen molar-refractivity contribution in [3.8, 4) is 0 Å². The number of aliphatic hydroxyl groups is 1. The molecule has 0 spiro atoms. The number of aromatic nitrogens is 1. The predicted molar refractivity (Wildman–Crippen MR) is 168 cm³/mol. The van der Waals surface area contributed by atoms with Crippen molar-refractivity contribution < 1.29 is 14.7 Å². The number of rotatable bonds is 14. The highest BCUT2D eigenvalue weighted by Gasteiger charge is 2.31. The first-order valence-electron chi connectivity index (χ1n) is 16.2. The van der Waals surface area contributed by atoms with Crippen molar-refractivity contribution in [2.24, 2.45) is 23.5 Å². The summed E-state index contributed by atoms with van der Waals surface area (Å²) < 4.78 is 0. The number of nitrogens with two attached hydrogens (primary N) is 1. The van der Waals surface area contributed by atoms with Gasteiger partial charge in [-0.2, -0.15) is 0 Å². The van der Waals surface area contributed by atoms with Gasteiger partial charge in [0.15, 0.2) is 0 Å². The topological polar surface area (TPSA) is 121 Å². The first kappa shape index (κ1) is 33.8. The molecule has 2 aliphatic rings. The number of amides is 3. The van der Waals surface area contributed by atoms with Crippen LogP contribution in [0.4, 0.5) is 4.79 Å². The van der Waals surface area contributed by atoms with Gasteiger partial charge in [0.05, 0.1) is 23.4 Å². The second-order valence-electron chi connectivity index (χ2n) is 13.5. The molecule has 0 radical (unpaired) electrons. The van der Waals surface area contributed by atoms with E-state index < -0.39 is 12.1 Å². The second-order valence-corrected chi connectivity index (χ2v) is 14.4. The summed E-state index contributed by atoms with van der Waals surface area (Å²) in [6.45, 7) is 8.50. The molecule has 3 amide bonds. The smallest absolute Gasteiger partial charge is 0.318 e. The lowest BCUT2D eigenvalue weighted by Gasteiger charge is -2.33. The lowest BCUT2D eigenvalue weighted by molar-refractivity contribution is -0.125. The SMILES string of the molecule is CC(C)c1nc(CN(C)C(=O)N[C@H](C(=O)N[C@@H](CC2CCCCC2)C[C@H](O)[C@@H](N)CC2CCCCC2)C(C)C)cs1. The van der Waals surface area contributed by atoms with Crippen LogP contribution in [-0.2, 0) is 11.3 Å². The number of hydrogen-bond donors (Lipinski definition) is 4. The van der Waals surface area contributed by atoms with Gasteiger partial charge in [-0.05, 0) is 37.0 Å². The molecule has 5 N–H and O–H groups in total. The molecule has 0 unspecified atom stereocenters. The normalized spacial score (nSPS) is 20.0.